The van der Waals surface area contributed by atoms with E-state index < -0.39 is 6.03 Å². The van der Waals surface area contributed by atoms with Gasteiger partial charge in [0.15, 0.2) is 5.82 Å². The number of nitrogen functional groups attached to an aromatic ring is 1. The zero-order valence-corrected chi connectivity index (χ0v) is 19.4. The molecule has 0 bridgehead atoms. The highest BCUT2D eigenvalue weighted by molar-refractivity contribution is 6.07. The number of nitrogens with two attached hydrogens (primary N) is 1. The lowest BCUT2D eigenvalue weighted by molar-refractivity contribution is 0.0923. The molecule has 0 aliphatic carbocycles. The third-order valence-corrected chi connectivity index (χ3v) is 5.14. The Labute approximate surface area is 201 Å². The van der Waals surface area contributed by atoms with Crippen molar-refractivity contribution in [1.29, 1.82) is 0 Å². The fourth-order valence-corrected chi connectivity index (χ4v) is 3.59. The molecule has 35 heavy (non-hydrogen) atoms. The Morgan fingerprint density at radius 1 is 1.11 bits per heavy atom. The Hall–Kier alpha value is -4.51. The van der Waals surface area contributed by atoms with E-state index in [9.17, 15) is 9.59 Å². The van der Waals surface area contributed by atoms with Gasteiger partial charge in [-0.15, -0.1) is 0 Å². The molecule has 0 atom stereocenters. The van der Waals surface area contributed by atoms with E-state index in [4.69, 9.17) is 10.5 Å². The molecule has 0 fully saturated rings. The summed E-state index contributed by atoms with van der Waals surface area (Å²) >= 11 is 0. The number of rotatable bonds is 8. The Bertz CT molecular complexity index is 1350. The maximum Gasteiger partial charge on any atom is 0.324 e. The topological polar surface area (TPSA) is 149 Å². The smallest absolute Gasteiger partial charge is 0.324 e. The number of anilines is 3. The largest absolute Gasteiger partial charge is 0.382 e. The van der Waals surface area contributed by atoms with Gasteiger partial charge < -0.3 is 21.1 Å². The standard InChI is InChI=1S/C24H26N8O3/c1-3-35-12-11-26-23(33)18-13-32-21(22(25)27-14-28-32)20(18)16-7-9-17(10-8-16)30-24(34)31-19-6-4-5-15(2)29-19/h4-10,13-14H,3,11-12H2,1-2H3,(H,26,33)(H2,25,27,28)(H2,29,30,31,34). The predicted octanol–water partition coefficient (Wildman–Crippen LogP) is 3.09. The van der Waals surface area contributed by atoms with Gasteiger partial charge in [-0.2, -0.15) is 5.10 Å². The number of ether oxygens (including phenoxy) is 1. The molecule has 0 spiro atoms. The first-order valence-corrected chi connectivity index (χ1v) is 11.1. The van der Waals surface area contributed by atoms with Crippen molar-refractivity contribution in [3.05, 3.63) is 66.2 Å². The van der Waals surface area contributed by atoms with Gasteiger partial charge in [-0.25, -0.2) is 19.3 Å². The van der Waals surface area contributed by atoms with E-state index in [0.29, 0.717) is 47.9 Å². The first-order chi connectivity index (χ1) is 17.0. The highest BCUT2D eigenvalue weighted by atomic mass is 16.5. The number of nitrogens with one attached hydrogen (secondary N) is 3. The summed E-state index contributed by atoms with van der Waals surface area (Å²) in [5, 5.41) is 12.5. The minimum absolute atomic E-state index is 0.246. The molecule has 0 saturated carbocycles. The fourth-order valence-electron chi connectivity index (χ4n) is 3.59. The molecule has 180 valence electrons. The molecular weight excluding hydrogens is 448 g/mol. The molecule has 0 radical (unpaired) electrons. The molecule has 4 rings (SSSR count). The summed E-state index contributed by atoms with van der Waals surface area (Å²) in [7, 11) is 0. The van der Waals surface area contributed by atoms with Gasteiger partial charge in [0.2, 0.25) is 0 Å². The average Bonchev–Trinajstić information content (AvgIpc) is 3.23. The van der Waals surface area contributed by atoms with E-state index in [-0.39, 0.29) is 11.7 Å². The van der Waals surface area contributed by atoms with Gasteiger partial charge in [-0.1, -0.05) is 18.2 Å². The number of hydrogen-bond donors (Lipinski definition) is 4. The molecule has 3 aromatic heterocycles. The lowest BCUT2D eigenvalue weighted by atomic mass is 10.0. The summed E-state index contributed by atoms with van der Waals surface area (Å²) in [6.45, 7) is 5.09. The number of carbonyl (C=O) groups is 2. The van der Waals surface area contributed by atoms with Gasteiger partial charge in [-0.3, -0.25) is 10.1 Å². The van der Waals surface area contributed by atoms with Crippen molar-refractivity contribution in [3.8, 4) is 11.1 Å². The van der Waals surface area contributed by atoms with E-state index in [1.807, 2.05) is 26.0 Å². The molecule has 4 aromatic rings. The number of nitrogens with zero attached hydrogens (tertiary/aromatic N) is 4. The van der Waals surface area contributed by atoms with Gasteiger partial charge in [0.1, 0.15) is 17.7 Å². The Morgan fingerprint density at radius 2 is 1.91 bits per heavy atom. The van der Waals surface area contributed by atoms with Crippen LogP contribution in [0.15, 0.2) is 55.0 Å². The molecule has 11 heteroatoms. The number of benzene rings is 1. The number of fused-ring (bicyclic) bond motifs is 1. The summed E-state index contributed by atoms with van der Waals surface area (Å²) < 4.78 is 6.83. The average molecular weight is 475 g/mol. The van der Waals surface area contributed by atoms with Crippen LogP contribution in [0.25, 0.3) is 16.6 Å². The summed E-state index contributed by atoms with van der Waals surface area (Å²) in [6.07, 6.45) is 2.95. The molecule has 0 aliphatic heterocycles. The van der Waals surface area contributed by atoms with Crippen molar-refractivity contribution < 1.29 is 14.3 Å². The number of pyridine rings is 1. The lowest BCUT2D eigenvalue weighted by Gasteiger charge is -2.10. The number of amides is 3. The maximum atomic E-state index is 13.0. The van der Waals surface area contributed by atoms with Gasteiger partial charge in [-0.05, 0) is 43.7 Å². The molecule has 0 saturated heterocycles. The number of carbonyl (C=O) groups excluding carboxylic acids is 2. The van der Waals surface area contributed by atoms with Crippen molar-refractivity contribution in [2.45, 2.75) is 13.8 Å². The third kappa shape index (κ3) is 5.53. The summed E-state index contributed by atoms with van der Waals surface area (Å²) in [6, 6.07) is 12.0. The first-order valence-electron chi connectivity index (χ1n) is 11.1. The predicted molar refractivity (Wildman–Crippen MR) is 133 cm³/mol. The van der Waals surface area contributed by atoms with Crippen molar-refractivity contribution in [2.75, 3.05) is 36.1 Å². The van der Waals surface area contributed by atoms with Crippen molar-refractivity contribution in [3.63, 3.8) is 0 Å². The maximum absolute atomic E-state index is 13.0. The van der Waals surface area contributed by atoms with Crippen molar-refractivity contribution in [2.24, 2.45) is 0 Å². The number of urea groups is 1. The Morgan fingerprint density at radius 3 is 2.66 bits per heavy atom. The molecule has 3 amide bonds. The molecule has 3 heterocycles. The van der Waals surface area contributed by atoms with Crippen LogP contribution >= 0.6 is 0 Å². The van der Waals surface area contributed by atoms with Gasteiger partial charge in [0, 0.05) is 36.3 Å². The van der Waals surface area contributed by atoms with Crippen LogP contribution in [0.1, 0.15) is 23.0 Å². The molecule has 11 nitrogen and oxygen atoms in total. The van der Waals surface area contributed by atoms with E-state index in [1.54, 1.807) is 36.5 Å². The van der Waals surface area contributed by atoms with E-state index in [1.165, 1.54) is 10.8 Å². The second-order valence-corrected chi connectivity index (χ2v) is 7.63. The van der Waals surface area contributed by atoms with Gasteiger partial charge in [0.05, 0.1) is 12.2 Å². The number of aromatic nitrogens is 4. The SMILES string of the molecule is CCOCCNC(=O)c1cn2ncnc(N)c2c1-c1ccc(NC(=O)Nc2cccc(C)n2)cc1. The van der Waals surface area contributed by atoms with Crippen LogP contribution in [0.2, 0.25) is 0 Å². The molecule has 1 aromatic carbocycles. The minimum Gasteiger partial charge on any atom is -0.382 e. The van der Waals surface area contributed by atoms with Crippen LogP contribution in [-0.2, 0) is 4.74 Å². The van der Waals surface area contributed by atoms with Crippen LogP contribution in [0.3, 0.4) is 0 Å². The normalized spacial score (nSPS) is 10.8. The first kappa shape index (κ1) is 23.6. The summed E-state index contributed by atoms with van der Waals surface area (Å²) in [5.41, 5.74) is 9.73. The van der Waals surface area contributed by atoms with Crippen LogP contribution < -0.4 is 21.7 Å². The van der Waals surface area contributed by atoms with Crippen LogP contribution in [0.5, 0.6) is 0 Å². The van der Waals surface area contributed by atoms with Crippen molar-refractivity contribution >= 4 is 34.8 Å². The molecule has 5 N–H and O–H groups in total. The second-order valence-electron chi connectivity index (χ2n) is 7.63. The Kier molecular flexibility index (Phi) is 7.17. The quantitative estimate of drug-likeness (QED) is 0.287. The van der Waals surface area contributed by atoms with Gasteiger partial charge >= 0.3 is 6.03 Å². The van der Waals surface area contributed by atoms with Crippen LogP contribution in [0.4, 0.5) is 22.1 Å². The lowest BCUT2D eigenvalue weighted by Crippen LogP contribution is -2.27. The highest BCUT2D eigenvalue weighted by Crippen LogP contribution is 2.33. The van der Waals surface area contributed by atoms with Crippen LogP contribution in [0, 0.1) is 6.92 Å². The monoisotopic (exact) mass is 474 g/mol. The van der Waals surface area contributed by atoms with E-state index in [0.717, 1.165) is 11.3 Å². The molecule has 0 unspecified atom stereocenters. The van der Waals surface area contributed by atoms with Crippen LogP contribution in [-0.4, -0.2) is 51.3 Å². The van der Waals surface area contributed by atoms with E-state index >= 15 is 0 Å². The number of hydrogen-bond acceptors (Lipinski definition) is 7. The number of aryl methyl sites for hydroxylation is 1. The zero-order valence-electron chi connectivity index (χ0n) is 19.4. The molecule has 0 aliphatic rings. The summed E-state index contributed by atoms with van der Waals surface area (Å²) in [5.74, 6) is 0.419. The van der Waals surface area contributed by atoms with E-state index in [2.05, 4.69) is 31.0 Å². The van der Waals surface area contributed by atoms with Crippen molar-refractivity contribution in [1.82, 2.24) is 24.9 Å². The van der Waals surface area contributed by atoms with Gasteiger partial charge in [0.25, 0.3) is 5.91 Å². The minimum atomic E-state index is -0.419. The second kappa shape index (κ2) is 10.6. The highest BCUT2D eigenvalue weighted by Gasteiger charge is 2.21. The third-order valence-electron chi connectivity index (χ3n) is 5.14. The summed E-state index contributed by atoms with van der Waals surface area (Å²) in [4.78, 5) is 33.6. The molecular formula is C24H26N8O3. The zero-order chi connectivity index (χ0) is 24.8. The Balaban J connectivity index is 1.57. The fraction of sp³-hybridized carbons (Fsp3) is 0.208.